The van der Waals surface area contributed by atoms with Gasteiger partial charge in [-0.25, -0.2) is 19.6 Å². The molecule has 2 heterocycles. The third-order valence-electron chi connectivity index (χ3n) is 1.91. The van der Waals surface area contributed by atoms with Crippen molar-refractivity contribution in [3.8, 4) is 5.82 Å². The summed E-state index contributed by atoms with van der Waals surface area (Å²) in [5, 5.41) is 3.99. The lowest BCUT2D eigenvalue weighted by Gasteiger charge is -2.03. The molecule has 0 aliphatic heterocycles. The van der Waals surface area contributed by atoms with Crippen LogP contribution in [-0.4, -0.2) is 24.7 Å². The Bertz CT molecular complexity index is 436. The summed E-state index contributed by atoms with van der Waals surface area (Å²) >= 11 is 0. The minimum atomic E-state index is 0.457. The molecule has 0 aliphatic rings. The van der Waals surface area contributed by atoms with Gasteiger partial charge in [0, 0.05) is 12.5 Å². The molecule has 2 aromatic heterocycles. The Morgan fingerprint density at radius 3 is 2.93 bits per heavy atom. The van der Waals surface area contributed by atoms with Gasteiger partial charge in [0.2, 0.25) is 0 Å². The number of hydrogen-bond acceptors (Lipinski definition) is 5. The minimum absolute atomic E-state index is 0.457. The molecule has 0 spiro atoms. The minimum Gasteiger partial charge on any atom is -0.384 e. The maximum absolute atomic E-state index is 5.68. The number of aryl methyl sites for hydroxylation is 1. The number of anilines is 1. The maximum Gasteiger partial charge on any atom is 0.160 e. The van der Waals surface area contributed by atoms with Gasteiger partial charge in [0.15, 0.2) is 5.82 Å². The summed E-state index contributed by atoms with van der Waals surface area (Å²) in [5.74, 6) is 1.85. The Hall–Kier alpha value is -1.98. The van der Waals surface area contributed by atoms with E-state index < -0.39 is 0 Å². The van der Waals surface area contributed by atoms with Crippen LogP contribution in [0.1, 0.15) is 19.2 Å². The van der Waals surface area contributed by atoms with E-state index in [0.29, 0.717) is 11.6 Å². The lowest BCUT2D eigenvalue weighted by atomic mass is 10.3. The molecule has 0 unspecified atom stereocenters. The predicted molar refractivity (Wildman–Crippen MR) is 55.4 cm³/mol. The molecule has 0 fully saturated rings. The summed E-state index contributed by atoms with van der Waals surface area (Å²) in [5.41, 5.74) is 5.68. The van der Waals surface area contributed by atoms with Crippen molar-refractivity contribution in [3.05, 3.63) is 24.5 Å². The summed E-state index contributed by atoms with van der Waals surface area (Å²) < 4.78 is 1.57. The first kappa shape index (κ1) is 9.57. The van der Waals surface area contributed by atoms with Crippen molar-refractivity contribution in [2.45, 2.75) is 19.8 Å². The molecule has 0 radical (unpaired) electrons. The molecular formula is C9H12N6. The van der Waals surface area contributed by atoms with Crippen LogP contribution in [0.2, 0.25) is 0 Å². The first-order valence-corrected chi connectivity index (χ1v) is 4.78. The van der Waals surface area contributed by atoms with E-state index in [4.69, 9.17) is 5.73 Å². The van der Waals surface area contributed by atoms with E-state index in [2.05, 4.69) is 27.0 Å². The molecule has 6 heteroatoms. The molecule has 0 atom stereocenters. The lowest BCUT2D eigenvalue weighted by molar-refractivity contribution is 0.786. The Morgan fingerprint density at radius 2 is 2.27 bits per heavy atom. The topological polar surface area (TPSA) is 82.5 Å². The van der Waals surface area contributed by atoms with E-state index in [1.807, 2.05) is 0 Å². The Balaban J connectivity index is 2.40. The predicted octanol–water partition coefficient (Wildman–Crippen LogP) is 0.592. The largest absolute Gasteiger partial charge is 0.384 e. The summed E-state index contributed by atoms with van der Waals surface area (Å²) in [6, 6.07) is 1.67. The highest BCUT2D eigenvalue weighted by molar-refractivity contribution is 5.36. The monoisotopic (exact) mass is 204 g/mol. The number of nitrogen functional groups attached to an aromatic ring is 1. The van der Waals surface area contributed by atoms with Gasteiger partial charge in [-0.15, -0.1) is 0 Å². The molecule has 2 rings (SSSR count). The van der Waals surface area contributed by atoms with Crippen LogP contribution >= 0.6 is 0 Å². The fourth-order valence-electron chi connectivity index (χ4n) is 1.28. The van der Waals surface area contributed by atoms with Crippen LogP contribution in [0.4, 0.5) is 5.82 Å². The van der Waals surface area contributed by atoms with Crippen molar-refractivity contribution < 1.29 is 0 Å². The number of rotatable bonds is 3. The Kier molecular flexibility index (Phi) is 2.57. The van der Waals surface area contributed by atoms with Crippen molar-refractivity contribution in [1.82, 2.24) is 24.7 Å². The fraction of sp³-hybridized carbons (Fsp3) is 0.333. The zero-order chi connectivity index (χ0) is 10.7. The van der Waals surface area contributed by atoms with Crippen molar-refractivity contribution >= 4 is 5.82 Å². The van der Waals surface area contributed by atoms with Crippen LogP contribution in [0, 0.1) is 0 Å². The molecule has 0 amide bonds. The van der Waals surface area contributed by atoms with Crippen LogP contribution in [-0.2, 0) is 6.42 Å². The summed E-state index contributed by atoms with van der Waals surface area (Å²) in [6.07, 6.45) is 4.84. The second-order valence-electron chi connectivity index (χ2n) is 3.16. The third-order valence-corrected chi connectivity index (χ3v) is 1.91. The summed E-state index contributed by atoms with van der Waals surface area (Å²) in [6.45, 7) is 2.07. The number of nitrogens with two attached hydrogens (primary N) is 1. The van der Waals surface area contributed by atoms with Crippen molar-refractivity contribution in [2.75, 3.05) is 5.73 Å². The molecular weight excluding hydrogens is 192 g/mol. The highest BCUT2D eigenvalue weighted by Gasteiger charge is 2.04. The zero-order valence-corrected chi connectivity index (χ0v) is 8.46. The summed E-state index contributed by atoms with van der Waals surface area (Å²) in [7, 11) is 0. The van der Waals surface area contributed by atoms with Gasteiger partial charge in [0.25, 0.3) is 0 Å². The van der Waals surface area contributed by atoms with E-state index in [0.717, 1.165) is 18.7 Å². The average molecular weight is 204 g/mol. The Labute approximate surface area is 87.2 Å². The fourth-order valence-corrected chi connectivity index (χ4v) is 1.28. The maximum atomic E-state index is 5.68. The molecule has 0 saturated carbocycles. The van der Waals surface area contributed by atoms with Gasteiger partial charge in [-0.1, -0.05) is 6.92 Å². The van der Waals surface area contributed by atoms with Crippen LogP contribution in [0.15, 0.2) is 18.7 Å². The second kappa shape index (κ2) is 4.04. The van der Waals surface area contributed by atoms with E-state index in [9.17, 15) is 0 Å². The second-order valence-corrected chi connectivity index (χ2v) is 3.16. The number of aromatic nitrogens is 5. The SMILES string of the molecule is CCCc1nc(N)cc(-n2cncn2)n1. The van der Waals surface area contributed by atoms with Crippen LogP contribution < -0.4 is 5.73 Å². The standard InChI is InChI=1S/C9H12N6/c1-2-3-8-13-7(10)4-9(14-8)15-6-11-5-12-15/h4-6H,2-3H2,1H3,(H2,10,13,14). The van der Waals surface area contributed by atoms with Crippen molar-refractivity contribution in [3.63, 3.8) is 0 Å². The molecule has 78 valence electrons. The van der Waals surface area contributed by atoms with Gasteiger partial charge in [-0.2, -0.15) is 5.10 Å². The van der Waals surface area contributed by atoms with Gasteiger partial charge < -0.3 is 5.73 Å². The van der Waals surface area contributed by atoms with E-state index in [-0.39, 0.29) is 0 Å². The first-order valence-electron chi connectivity index (χ1n) is 4.78. The normalized spacial score (nSPS) is 10.5. The van der Waals surface area contributed by atoms with E-state index in [1.165, 1.54) is 6.33 Å². The van der Waals surface area contributed by atoms with E-state index in [1.54, 1.807) is 17.1 Å². The first-order chi connectivity index (χ1) is 7.29. The van der Waals surface area contributed by atoms with Crippen LogP contribution in [0.3, 0.4) is 0 Å². The summed E-state index contributed by atoms with van der Waals surface area (Å²) in [4.78, 5) is 12.3. The molecule has 6 nitrogen and oxygen atoms in total. The number of nitrogens with zero attached hydrogens (tertiary/aromatic N) is 5. The average Bonchev–Trinajstić information content (AvgIpc) is 2.70. The molecule has 0 aromatic carbocycles. The molecule has 2 N–H and O–H groups in total. The van der Waals surface area contributed by atoms with Gasteiger partial charge in [-0.3, -0.25) is 0 Å². The van der Waals surface area contributed by atoms with Gasteiger partial charge in [0.1, 0.15) is 24.3 Å². The third kappa shape index (κ3) is 2.09. The molecule has 0 saturated heterocycles. The van der Waals surface area contributed by atoms with Crippen molar-refractivity contribution in [2.24, 2.45) is 0 Å². The van der Waals surface area contributed by atoms with E-state index >= 15 is 0 Å². The lowest BCUT2D eigenvalue weighted by Crippen LogP contribution is -2.06. The highest BCUT2D eigenvalue weighted by Crippen LogP contribution is 2.07. The Morgan fingerprint density at radius 1 is 1.40 bits per heavy atom. The molecule has 0 aliphatic carbocycles. The zero-order valence-electron chi connectivity index (χ0n) is 8.46. The van der Waals surface area contributed by atoms with Gasteiger partial charge >= 0.3 is 0 Å². The molecule has 0 bridgehead atoms. The van der Waals surface area contributed by atoms with Gasteiger partial charge in [0.05, 0.1) is 0 Å². The van der Waals surface area contributed by atoms with Gasteiger partial charge in [-0.05, 0) is 6.42 Å². The molecule has 15 heavy (non-hydrogen) atoms. The van der Waals surface area contributed by atoms with Crippen LogP contribution in [0.5, 0.6) is 0 Å². The highest BCUT2D eigenvalue weighted by atomic mass is 15.3. The number of hydrogen-bond donors (Lipinski definition) is 1. The van der Waals surface area contributed by atoms with Crippen LogP contribution in [0.25, 0.3) is 5.82 Å². The molecule has 2 aromatic rings. The smallest absolute Gasteiger partial charge is 0.160 e. The quantitative estimate of drug-likeness (QED) is 0.791. The van der Waals surface area contributed by atoms with Crippen molar-refractivity contribution in [1.29, 1.82) is 0 Å².